The van der Waals surface area contributed by atoms with E-state index in [0.29, 0.717) is 29.2 Å². The van der Waals surface area contributed by atoms with Crippen LogP contribution in [0.5, 0.6) is 0 Å². The van der Waals surface area contributed by atoms with Gasteiger partial charge in [-0.05, 0) is 47.5 Å². The summed E-state index contributed by atoms with van der Waals surface area (Å²) in [7, 11) is 0. The Kier molecular flexibility index (Phi) is 6.18. The summed E-state index contributed by atoms with van der Waals surface area (Å²) in [5.41, 5.74) is 2.73. The van der Waals surface area contributed by atoms with Gasteiger partial charge in [0, 0.05) is 41.6 Å². The monoisotopic (exact) mass is 379 g/mol. The summed E-state index contributed by atoms with van der Waals surface area (Å²) in [5.74, 6) is -0.431. The summed E-state index contributed by atoms with van der Waals surface area (Å²) in [6.07, 6.45) is 3.38. The van der Waals surface area contributed by atoms with Crippen LogP contribution in [0.4, 0.5) is 0 Å². The standard InChI is InChI=1S/C21H18ClN3O2/c22-19-6-2-1-5-18(19)14-25-21(27)17-9-7-16(8-10-17)20(26)24-13-15-4-3-11-23-12-15/h1-12H,13-14H2,(H,24,26)(H,25,27). The van der Waals surface area contributed by atoms with E-state index < -0.39 is 0 Å². The molecule has 0 atom stereocenters. The molecule has 1 aromatic heterocycles. The van der Waals surface area contributed by atoms with Gasteiger partial charge in [0.05, 0.1) is 0 Å². The molecule has 0 aliphatic rings. The summed E-state index contributed by atoms with van der Waals surface area (Å²) in [4.78, 5) is 28.5. The number of nitrogens with zero attached hydrogens (tertiary/aromatic N) is 1. The predicted molar refractivity (Wildman–Crippen MR) is 104 cm³/mol. The van der Waals surface area contributed by atoms with Crippen LogP contribution in [-0.4, -0.2) is 16.8 Å². The number of amides is 2. The fraction of sp³-hybridized carbons (Fsp3) is 0.0952. The summed E-state index contributed by atoms with van der Waals surface area (Å²) < 4.78 is 0. The first-order valence-electron chi connectivity index (χ1n) is 8.42. The molecule has 0 bridgehead atoms. The molecular weight excluding hydrogens is 362 g/mol. The van der Waals surface area contributed by atoms with Crippen molar-refractivity contribution >= 4 is 23.4 Å². The van der Waals surface area contributed by atoms with E-state index in [2.05, 4.69) is 15.6 Å². The maximum absolute atomic E-state index is 12.3. The average Bonchev–Trinajstić information content (AvgIpc) is 2.72. The molecule has 0 aliphatic carbocycles. The highest BCUT2D eigenvalue weighted by Gasteiger charge is 2.09. The topological polar surface area (TPSA) is 71.1 Å². The van der Waals surface area contributed by atoms with Crippen LogP contribution < -0.4 is 10.6 Å². The lowest BCUT2D eigenvalue weighted by Crippen LogP contribution is -2.24. The van der Waals surface area contributed by atoms with Crippen molar-refractivity contribution < 1.29 is 9.59 Å². The Hall–Kier alpha value is -3.18. The van der Waals surface area contributed by atoms with E-state index in [9.17, 15) is 9.59 Å². The Bertz CT molecular complexity index is 928. The second kappa shape index (κ2) is 8.96. The van der Waals surface area contributed by atoms with Crippen LogP contribution in [0.25, 0.3) is 0 Å². The summed E-state index contributed by atoms with van der Waals surface area (Å²) in [6.45, 7) is 0.735. The number of nitrogens with one attached hydrogen (secondary N) is 2. The first-order valence-corrected chi connectivity index (χ1v) is 8.80. The summed E-state index contributed by atoms with van der Waals surface area (Å²) in [6, 6.07) is 17.6. The van der Waals surface area contributed by atoms with Crippen molar-refractivity contribution in [2.24, 2.45) is 0 Å². The predicted octanol–water partition coefficient (Wildman–Crippen LogP) is 3.60. The molecule has 0 radical (unpaired) electrons. The number of hydrogen-bond donors (Lipinski definition) is 2. The minimum Gasteiger partial charge on any atom is -0.348 e. The van der Waals surface area contributed by atoms with Crippen LogP contribution in [0.1, 0.15) is 31.8 Å². The molecule has 0 spiro atoms. The van der Waals surface area contributed by atoms with Gasteiger partial charge in [0.1, 0.15) is 0 Å². The van der Waals surface area contributed by atoms with E-state index in [-0.39, 0.29) is 11.8 Å². The molecule has 0 aliphatic heterocycles. The fourth-order valence-corrected chi connectivity index (χ4v) is 2.68. The Morgan fingerprint density at radius 1 is 0.815 bits per heavy atom. The van der Waals surface area contributed by atoms with Crippen LogP contribution in [0, 0.1) is 0 Å². The van der Waals surface area contributed by atoms with E-state index in [1.165, 1.54) is 0 Å². The first kappa shape index (κ1) is 18.6. The van der Waals surface area contributed by atoms with Crippen molar-refractivity contribution in [3.63, 3.8) is 0 Å². The molecule has 136 valence electrons. The lowest BCUT2D eigenvalue weighted by atomic mass is 10.1. The number of carbonyl (C=O) groups excluding carboxylic acids is 2. The van der Waals surface area contributed by atoms with Crippen molar-refractivity contribution in [3.05, 3.63) is 100 Å². The van der Waals surface area contributed by atoms with Crippen molar-refractivity contribution in [3.8, 4) is 0 Å². The third-order valence-electron chi connectivity index (χ3n) is 3.98. The molecule has 0 saturated heterocycles. The van der Waals surface area contributed by atoms with Crippen LogP contribution in [-0.2, 0) is 13.1 Å². The van der Waals surface area contributed by atoms with E-state index in [0.717, 1.165) is 11.1 Å². The molecule has 5 nitrogen and oxygen atoms in total. The highest BCUT2D eigenvalue weighted by molar-refractivity contribution is 6.31. The van der Waals surface area contributed by atoms with E-state index in [1.807, 2.05) is 30.3 Å². The van der Waals surface area contributed by atoms with Gasteiger partial charge in [-0.3, -0.25) is 14.6 Å². The number of halogens is 1. The van der Waals surface area contributed by atoms with Gasteiger partial charge in [-0.15, -0.1) is 0 Å². The third-order valence-corrected chi connectivity index (χ3v) is 4.35. The first-order chi connectivity index (χ1) is 13.1. The SMILES string of the molecule is O=C(NCc1cccnc1)c1ccc(C(=O)NCc2ccccc2Cl)cc1. The van der Waals surface area contributed by atoms with Gasteiger partial charge in [-0.2, -0.15) is 0 Å². The number of pyridine rings is 1. The van der Waals surface area contributed by atoms with Crippen molar-refractivity contribution in [2.75, 3.05) is 0 Å². The van der Waals surface area contributed by atoms with Gasteiger partial charge in [-0.25, -0.2) is 0 Å². The lowest BCUT2D eigenvalue weighted by molar-refractivity contribution is 0.0939. The molecule has 6 heteroatoms. The van der Waals surface area contributed by atoms with Crippen LogP contribution in [0.3, 0.4) is 0 Å². The fourth-order valence-electron chi connectivity index (χ4n) is 2.48. The Morgan fingerprint density at radius 3 is 2.04 bits per heavy atom. The summed E-state index contributed by atoms with van der Waals surface area (Å²) >= 11 is 6.08. The van der Waals surface area contributed by atoms with Crippen molar-refractivity contribution in [1.82, 2.24) is 15.6 Å². The minimum atomic E-state index is -0.225. The Morgan fingerprint density at radius 2 is 1.44 bits per heavy atom. The number of benzene rings is 2. The molecule has 3 aromatic rings. The quantitative estimate of drug-likeness (QED) is 0.687. The van der Waals surface area contributed by atoms with Crippen LogP contribution >= 0.6 is 11.6 Å². The van der Waals surface area contributed by atoms with E-state index in [4.69, 9.17) is 11.6 Å². The van der Waals surface area contributed by atoms with E-state index >= 15 is 0 Å². The molecule has 0 saturated carbocycles. The highest BCUT2D eigenvalue weighted by Crippen LogP contribution is 2.14. The van der Waals surface area contributed by atoms with Crippen molar-refractivity contribution in [1.29, 1.82) is 0 Å². The third kappa shape index (κ3) is 5.15. The molecule has 2 amide bonds. The maximum atomic E-state index is 12.3. The zero-order valence-corrected chi connectivity index (χ0v) is 15.2. The minimum absolute atomic E-state index is 0.207. The Balaban J connectivity index is 1.55. The van der Waals surface area contributed by atoms with Gasteiger partial charge in [-0.1, -0.05) is 35.9 Å². The van der Waals surface area contributed by atoms with Crippen molar-refractivity contribution in [2.45, 2.75) is 13.1 Å². The molecular formula is C21H18ClN3O2. The number of rotatable bonds is 6. The van der Waals surface area contributed by atoms with Gasteiger partial charge in [0.25, 0.3) is 11.8 Å². The largest absolute Gasteiger partial charge is 0.348 e. The molecule has 2 N–H and O–H groups in total. The van der Waals surface area contributed by atoms with Gasteiger partial charge >= 0.3 is 0 Å². The molecule has 0 fully saturated rings. The lowest BCUT2D eigenvalue weighted by Gasteiger charge is -2.08. The second-order valence-electron chi connectivity index (χ2n) is 5.90. The van der Waals surface area contributed by atoms with Gasteiger partial charge in [0.2, 0.25) is 0 Å². The summed E-state index contributed by atoms with van der Waals surface area (Å²) in [5, 5.41) is 6.25. The molecule has 0 unspecified atom stereocenters. The van der Waals surface area contributed by atoms with Crippen LogP contribution in [0.2, 0.25) is 5.02 Å². The number of hydrogen-bond acceptors (Lipinski definition) is 3. The maximum Gasteiger partial charge on any atom is 0.251 e. The van der Waals surface area contributed by atoms with Gasteiger partial charge < -0.3 is 10.6 Å². The normalized spacial score (nSPS) is 10.3. The van der Waals surface area contributed by atoms with E-state index in [1.54, 1.807) is 42.7 Å². The van der Waals surface area contributed by atoms with Gasteiger partial charge in [0.15, 0.2) is 0 Å². The second-order valence-corrected chi connectivity index (χ2v) is 6.30. The molecule has 27 heavy (non-hydrogen) atoms. The highest BCUT2D eigenvalue weighted by atomic mass is 35.5. The van der Waals surface area contributed by atoms with Crippen LogP contribution in [0.15, 0.2) is 73.1 Å². The molecule has 1 heterocycles. The zero-order chi connectivity index (χ0) is 19.1. The average molecular weight is 380 g/mol. The number of aromatic nitrogens is 1. The zero-order valence-electron chi connectivity index (χ0n) is 14.5. The molecule has 2 aromatic carbocycles. The number of carbonyl (C=O) groups is 2. The molecule has 3 rings (SSSR count). The smallest absolute Gasteiger partial charge is 0.251 e. The Labute approximate surface area is 162 Å².